The van der Waals surface area contributed by atoms with Gasteiger partial charge in [-0.25, -0.2) is 13.4 Å². The lowest BCUT2D eigenvalue weighted by Gasteiger charge is -2.20. The van der Waals surface area contributed by atoms with E-state index in [0.717, 1.165) is 30.7 Å². The summed E-state index contributed by atoms with van der Waals surface area (Å²) in [4.78, 5) is 28.3. The molecule has 11 heteroatoms. The first-order valence-corrected chi connectivity index (χ1v) is 12.6. The Labute approximate surface area is 190 Å². The zero-order valence-corrected chi connectivity index (χ0v) is 19.5. The molecule has 0 bridgehead atoms. The van der Waals surface area contributed by atoms with Gasteiger partial charge in [0.1, 0.15) is 0 Å². The van der Waals surface area contributed by atoms with Crippen molar-refractivity contribution in [2.45, 2.75) is 43.9 Å². The number of rotatable bonds is 7. The van der Waals surface area contributed by atoms with Crippen molar-refractivity contribution in [3.8, 4) is 0 Å². The molecular formula is C20H24ClN3O5S2. The van der Waals surface area contributed by atoms with Crippen LogP contribution in [0.5, 0.6) is 0 Å². The van der Waals surface area contributed by atoms with Gasteiger partial charge in [0.15, 0.2) is 6.61 Å². The number of sulfonamides is 1. The van der Waals surface area contributed by atoms with Crippen molar-refractivity contribution in [2.75, 3.05) is 25.0 Å². The average Bonchev–Trinajstić information content (AvgIpc) is 2.95. The molecule has 0 spiro atoms. The molecule has 1 N–H and O–H groups in total. The van der Waals surface area contributed by atoms with Crippen LogP contribution >= 0.6 is 22.9 Å². The van der Waals surface area contributed by atoms with Gasteiger partial charge in [-0.05, 0) is 38.0 Å². The summed E-state index contributed by atoms with van der Waals surface area (Å²) < 4.78 is 32.4. The number of esters is 1. The molecule has 0 saturated carbocycles. The molecule has 1 aromatic carbocycles. The number of carbonyl (C=O) groups is 2. The van der Waals surface area contributed by atoms with Crippen molar-refractivity contribution in [1.82, 2.24) is 9.29 Å². The lowest BCUT2D eigenvalue weighted by Crippen LogP contribution is -2.32. The molecule has 2 heterocycles. The first kappa shape index (κ1) is 23.6. The second-order valence-electron chi connectivity index (χ2n) is 7.20. The molecule has 0 unspecified atom stereocenters. The van der Waals surface area contributed by atoms with E-state index in [4.69, 9.17) is 16.3 Å². The molecule has 0 atom stereocenters. The molecule has 0 radical (unpaired) electrons. The number of hydrogen-bond donors (Lipinski definition) is 1. The van der Waals surface area contributed by atoms with Crippen molar-refractivity contribution in [3.63, 3.8) is 0 Å². The number of nitrogens with zero attached hydrogens (tertiary/aromatic N) is 2. The van der Waals surface area contributed by atoms with E-state index in [9.17, 15) is 18.0 Å². The summed E-state index contributed by atoms with van der Waals surface area (Å²) in [5, 5.41) is 5.30. The third kappa shape index (κ3) is 6.49. The summed E-state index contributed by atoms with van der Waals surface area (Å²) in [5.74, 6) is -1.20. The maximum atomic E-state index is 13.0. The lowest BCUT2D eigenvalue weighted by molar-refractivity contribution is -0.146. The van der Waals surface area contributed by atoms with Crippen LogP contribution in [-0.4, -0.2) is 49.3 Å². The van der Waals surface area contributed by atoms with Crippen molar-refractivity contribution in [2.24, 2.45) is 0 Å². The first-order valence-electron chi connectivity index (χ1n) is 9.92. The maximum absolute atomic E-state index is 13.0. The molecule has 1 fully saturated rings. The third-order valence-electron chi connectivity index (χ3n) is 4.77. The van der Waals surface area contributed by atoms with Crippen LogP contribution in [0, 0.1) is 6.92 Å². The number of nitrogens with one attached hydrogen (secondary N) is 1. The zero-order valence-electron chi connectivity index (χ0n) is 17.1. The average molecular weight is 486 g/mol. The number of anilines is 1. The summed E-state index contributed by atoms with van der Waals surface area (Å²) >= 11 is 7.56. The molecule has 0 aliphatic carbocycles. The van der Waals surface area contributed by atoms with Gasteiger partial charge in [0.2, 0.25) is 10.0 Å². The SMILES string of the molecule is Cc1nc(CC(=O)OCC(=O)Nc2cc(S(=O)(=O)N3CCCCCC3)ccc2Cl)cs1. The minimum atomic E-state index is -3.69. The van der Waals surface area contributed by atoms with E-state index in [0.29, 0.717) is 18.8 Å². The molecular weight excluding hydrogens is 462 g/mol. The van der Waals surface area contributed by atoms with Gasteiger partial charge in [0.25, 0.3) is 5.91 Å². The quantitative estimate of drug-likeness (QED) is 0.602. The largest absolute Gasteiger partial charge is 0.455 e. The third-order valence-corrected chi connectivity index (χ3v) is 7.82. The Morgan fingerprint density at radius 1 is 1.23 bits per heavy atom. The Morgan fingerprint density at radius 3 is 2.58 bits per heavy atom. The van der Waals surface area contributed by atoms with Crippen LogP contribution in [0.25, 0.3) is 0 Å². The first-order chi connectivity index (χ1) is 14.8. The fraction of sp³-hybridized carbons (Fsp3) is 0.450. The predicted octanol–water partition coefficient (Wildman–Crippen LogP) is 3.39. The van der Waals surface area contributed by atoms with Gasteiger partial charge in [0, 0.05) is 18.5 Å². The predicted molar refractivity (Wildman–Crippen MR) is 119 cm³/mol. The number of thiazole rings is 1. The van der Waals surface area contributed by atoms with Crippen LogP contribution in [0.4, 0.5) is 5.69 Å². The highest BCUT2D eigenvalue weighted by atomic mass is 35.5. The highest BCUT2D eigenvalue weighted by Crippen LogP contribution is 2.28. The number of amides is 1. The summed E-state index contributed by atoms with van der Waals surface area (Å²) in [6, 6.07) is 4.19. The Balaban J connectivity index is 1.61. The molecule has 168 valence electrons. The van der Waals surface area contributed by atoms with Crippen molar-refractivity contribution in [1.29, 1.82) is 0 Å². The van der Waals surface area contributed by atoms with E-state index >= 15 is 0 Å². The van der Waals surface area contributed by atoms with Gasteiger partial charge in [-0.15, -0.1) is 11.3 Å². The molecule has 8 nitrogen and oxygen atoms in total. The maximum Gasteiger partial charge on any atom is 0.312 e. The number of carbonyl (C=O) groups excluding carboxylic acids is 2. The van der Waals surface area contributed by atoms with Gasteiger partial charge >= 0.3 is 5.97 Å². The molecule has 2 aromatic rings. The van der Waals surface area contributed by atoms with Gasteiger partial charge in [-0.1, -0.05) is 24.4 Å². The zero-order chi connectivity index (χ0) is 22.4. The summed E-state index contributed by atoms with van der Waals surface area (Å²) in [5.41, 5.74) is 0.733. The Kier molecular flexibility index (Phi) is 8.04. The van der Waals surface area contributed by atoms with E-state index in [1.54, 1.807) is 5.38 Å². The standard InChI is InChI=1S/C20H24ClN3O5S2/c1-14-22-15(13-30-14)10-20(26)29-12-19(25)23-18-11-16(6-7-17(18)21)31(27,28)24-8-4-2-3-5-9-24/h6-7,11,13H,2-5,8-10,12H2,1H3,(H,23,25). The number of halogens is 1. The molecule has 1 amide bonds. The summed E-state index contributed by atoms with van der Waals surface area (Å²) in [6.07, 6.45) is 3.63. The molecule has 3 rings (SSSR count). The van der Waals surface area contributed by atoms with Gasteiger partial charge in [-0.3, -0.25) is 9.59 Å². The fourth-order valence-electron chi connectivity index (χ4n) is 3.21. The van der Waals surface area contributed by atoms with Gasteiger partial charge in [0.05, 0.1) is 32.7 Å². The number of aromatic nitrogens is 1. The molecule has 1 saturated heterocycles. The smallest absolute Gasteiger partial charge is 0.312 e. The van der Waals surface area contributed by atoms with E-state index in [2.05, 4.69) is 10.3 Å². The molecule has 31 heavy (non-hydrogen) atoms. The number of hydrogen-bond acceptors (Lipinski definition) is 7. The molecule has 1 aliphatic heterocycles. The summed E-state index contributed by atoms with van der Waals surface area (Å²) in [6.45, 7) is 2.27. The second kappa shape index (κ2) is 10.5. The van der Waals surface area contributed by atoms with Gasteiger partial charge in [-0.2, -0.15) is 4.31 Å². The Bertz CT molecular complexity index is 1050. The molecule has 1 aromatic heterocycles. The van der Waals surface area contributed by atoms with Crippen molar-refractivity contribution in [3.05, 3.63) is 39.3 Å². The Hall–Kier alpha value is -2.01. The second-order valence-corrected chi connectivity index (χ2v) is 10.6. The summed E-state index contributed by atoms with van der Waals surface area (Å²) in [7, 11) is -3.69. The van der Waals surface area contributed by atoms with Crippen LogP contribution in [-0.2, 0) is 30.8 Å². The van der Waals surface area contributed by atoms with Crippen molar-refractivity contribution < 1.29 is 22.7 Å². The van der Waals surface area contributed by atoms with E-state index in [1.165, 1.54) is 33.8 Å². The van der Waals surface area contributed by atoms with Crippen LogP contribution < -0.4 is 5.32 Å². The van der Waals surface area contributed by atoms with E-state index in [1.807, 2.05) is 6.92 Å². The monoisotopic (exact) mass is 485 g/mol. The van der Waals surface area contributed by atoms with Crippen LogP contribution in [0.1, 0.15) is 36.4 Å². The topological polar surface area (TPSA) is 106 Å². The van der Waals surface area contributed by atoms with Crippen molar-refractivity contribution >= 4 is 50.5 Å². The minimum absolute atomic E-state index is 0.0259. The van der Waals surface area contributed by atoms with E-state index < -0.39 is 28.5 Å². The number of benzene rings is 1. The fourth-order valence-corrected chi connectivity index (χ4v) is 5.53. The minimum Gasteiger partial charge on any atom is -0.455 e. The number of ether oxygens (including phenoxy) is 1. The van der Waals surface area contributed by atoms with Crippen LogP contribution in [0.3, 0.4) is 0 Å². The van der Waals surface area contributed by atoms with Crippen LogP contribution in [0.15, 0.2) is 28.5 Å². The normalized spacial score (nSPS) is 15.3. The highest BCUT2D eigenvalue weighted by molar-refractivity contribution is 7.89. The Morgan fingerprint density at radius 2 is 1.94 bits per heavy atom. The highest BCUT2D eigenvalue weighted by Gasteiger charge is 2.26. The van der Waals surface area contributed by atoms with E-state index in [-0.39, 0.29) is 22.0 Å². The lowest BCUT2D eigenvalue weighted by atomic mass is 10.2. The molecule has 1 aliphatic rings. The number of aryl methyl sites for hydroxylation is 1. The van der Waals surface area contributed by atoms with Gasteiger partial charge < -0.3 is 10.1 Å². The van der Waals surface area contributed by atoms with Crippen LogP contribution in [0.2, 0.25) is 5.02 Å².